The summed E-state index contributed by atoms with van der Waals surface area (Å²) in [5.74, 6) is 0.566. The van der Waals surface area contributed by atoms with Crippen LogP contribution < -0.4 is 10.2 Å². The number of pyridine rings is 2. The van der Waals surface area contributed by atoms with E-state index in [4.69, 9.17) is 4.42 Å². The molecule has 0 spiro atoms. The molecule has 1 saturated heterocycles. The highest BCUT2D eigenvalue weighted by Gasteiger charge is 2.25. The zero-order chi connectivity index (χ0) is 26.6. The highest BCUT2D eigenvalue weighted by molar-refractivity contribution is 6.47. The Morgan fingerprint density at radius 1 is 0.897 bits per heavy atom. The van der Waals surface area contributed by atoms with Crippen LogP contribution in [-0.4, -0.2) is 58.7 Å². The Kier molecular flexibility index (Phi) is 6.93. The van der Waals surface area contributed by atoms with Gasteiger partial charge in [-0.1, -0.05) is 36.4 Å². The number of anilines is 2. The van der Waals surface area contributed by atoms with E-state index >= 15 is 0 Å². The molecule has 0 saturated carbocycles. The van der Waals surface area contributed by atoms with Crippen LogP contribution >= 0.6 is 0 Å². The van der Waals surface area contributed by atoms with Gasteiger partial charge in [-0.25, -0.2) is 4.98 Å². The van der Waals surface area contributed by atoms with Crippen molar-refractivity contribution in [2.75, 3.05) is 42.9 Å². The predicted octanol–water partition coefficient (Wildman–Crippen LogP) is 4.78. The molecular formula is C31H29N5O3. The first-order valence-electron chi connectivity index (χ1n) is 13.1. The third-order valence-corrected chi connectivity index (χ3v) is 7.14. The van der Waals surface area contributed by atoms with E-state index in [2.05, 4.69) is 20.1 Å². The molecule has 1 amide bonds. The number of fused-ring (bicyclic) bond motifs is 1. The van der Waals surface area contributed by atoms with Crippen molar-refractivity contribution in [1.82, 2.24) is 14.3 Å². The predicted molar refractivity (Wildman–Crippen MR) is 151 cm³/mol. The molecule has 5 aromatic rings. The lowest BCUT2D eigenvalue weighted by atomic mass is 10.0. The van der Waals surface area contributed by atoms with Gasteiger partial charge in [-0.15, -0.1) is 0 Å². The molecule has 39 heavy (non-hydrogen) atoms. The summed E-state index contributed by atoms with van der Waals surface area (Å²) in [5, 5.41) is 2.74. The third-order valence-electron chi connectivity index (χ3n) is 7.14. The minimum atomic E-state index is -0.698. The second-order valence-corrected chi connectivity index (χ2v) is 9.61. The van der Waals surface area contributed by atoms with Crippen LogP contribution in [0.4, 0.5) is 11.5 Å². The first kappa shape index (κ1) is 24.6. The number of nitrogens with one attached hydrogen (secondary N) is 1. The molecule has 0 aliphatic carbocycles. The summed E-state index contributed by atoms with van der Waals surface area (Å²) in [6.45, 7) is 4.61. The topological polar surface area (TPSA) is 83.1 Å². The first-order chi connectivity index (χ1) is 19.2. The number of furan rings is 1. The minimum absolute atomic E-state index is 0.337. The number of carbonyl (C=O) groups excluding carboxylic acids is 2. The fourth-order valence-corrected chi connectivity index (χ4v) is 5.06. The van der Waals surface area contributed by atoms with Crippen molar-refractivity contribution in [3.63, 3.8) is 0 Å². The molecule has 0 unspecified atom stereocenters. The van der Waals surface area contributed by atoms with Gasteiger partial charge in [-0.2, -0.15) is 0 Å². The van der Waals surface area contributed by atoms with Crippen molar-refractivity contribution < 1.29 is 14.0 Å². The van der Waals surface area contributed by atoms with Crippen molar-refractivity contribution >= 4 is 28.7 Å². The lowest BCUT2D eigenvalue weighted by Crippen LogP contribution is -2.47. The van der Waals surface area contributed by atoms with Crippen molar-refractivity contribution in [3.8, 4) is 11.1 Å². The summed E-state index contributed by atoms with van der Waals surface area (Å²) in [5.41, 5.74) is 3.27. The maximum Gasteiger partial charge on any atom is 0.298 e. The maximum atomic E-state index is 13.4. The van der Waals surface area contributed by atoms with E-state index in [9.17, 15) is 9.59 Å². The normalized spacial score (nSPS) is 14.0. The van der Waals surface area contributed by atoms with Crippen LogP contribution in [0.25, 0.3) is 16.6 Å². The lowest BCUT2D eigenvalue weighted by Gasteiger charge is -2.35. The Balaban J connectivity index is 1.11. The molecule has 1 aromatic carbocycles. The molecular weight excluding hydrogens is 490 g/mol. The molecule has 5 heterocycles. The van der Waals surface area contributed by atoms with Crippen LogP contribution in [0.15, 0.2) is 102 Å². The number of piperazine rings is 1. The van der Waals surface area contributed by atoms with Gasteiger partial charge in [-0.05, 0) is 48.0 Å². The smallest absolute Gasteiger partial charge is 0.298 e. The Hall–Kier alpha value is -4.69. The number of aromatic nitrogens is 2. The van der Waals surface area contributed by atoms with E-state index in [1.54, 1.807) is 29.1 Å². The second-order valence-electron chi connectivity index (χ2n) is 9.61. The molecule has 8 heteroatoms. The van der Waals surface area contributed by atoms with Gasteiger partial charge in [0, 0.05) is 56.4 Å². The summed E-state index contributed by atoms with van der Waals surface area (Å²) < 4.78 is 7.20. The maximum absolute atomic E-state index is 13.4. The fraction of sp³-hybridized carbons (Fsp3) is 0.194. The number of carbonyl (C=O) groups is 2. The minimum Gasteiger partial charge on any atom is -0.469 e. The number of hydrogen-bond donors (Lipinski definition) is 1. The molecule has 0 radical (unpaired) electrons. The molecule has 1 aliphatic heterocycles. The molecule has 8 nitrogen and oxygen atoms in total. The molecule has 6 rings (SSSR count). The lowest BCUT2D eigenvalue weighted by molar-refractivity contribution is -0.112. The van der Waals surface area contributed by atoms with E-state index in [1.807, 2.05) is 72.8 Å². The van der Waals surface area contributed by atoms with Crippen molar-refractivity contribution in [1.29, 1.82) is 0 Å². The fourth-order valence-electron chi connectivity index (χ4n) is 5.06. The number of rotatable bonds is 8. The van der Waals surface area contributed by atoms with E-state index in [-0.39, 0.29) is 0 Å². The van der Waals surface area contributed by atoms with Gasteiger partial charge in [0.25, 0.3) is 11.7 Å². The monoisotopic (exact) mass is 519 g/mol. The second kappa shape index (κ2) is 11.0. The average molecular weight is 520 g/mol. The van der Waals surface area contributed by atoms with Crippen LogP contribution in [0.2, 0.25) is 0 Å². The number of Topliss-reactive ketones (excluding diaryl/α,β-unsaturated/α-hetero) is 1. The third kappa shape index (κ3) is 5.32. The highest BCUT2D eigenvalue weighted by Crippen LogP contribution is 2.28. The zero-order valence-corrected chi connectivity index (χ0v) is 21.5. The van der Waals surface area contributed by atoms with Crippen molar-refractivity contribution in [2.45, 2.75) is 6.42 Å². The number of benzene rings is 1. The van der Waals surface area contributed by atoms with Gasteiger partial charge in [0.1, 0.15) is 17.3 Å². The van der Waals surface area contributed by atoms with Crippen molar-refractivity contribution in [3.05, 3.63) is 109 Å². The molecule has 1 fully saturated rings. The van der Waals surface area contributed by atoms with Crippen LogP contribution in [0.1, 0.15) is 16.2 Å². The summed E-state index contributed by atoms with van der Waals surface area (Å²) in [4.78, 5) is 35.7. The first-order valence-corrected chi connectivity index (χ1v) is 13.1. The van der Waals surface area contributed by atoms with Gasteiger partial charge in [0.05, 0.1) is 18.1 Å². The molecule has 196 valence electrons. The number of hydrogen-bond acceptors (Lipinski definition) is 6. The van der Waals surface area contributed by atoms with Crippen LogP contribution in [0.5, 0.6) is 0 Å². The van der Waals surface area contributed by atoms with Crippen LogP contribution in [-0.2, 0) is 11.2 Å². The summed E-state index contributed by atoms with van der Waals surface area (Å²) in [7, 11) is 0. The zero-order valence-electron chi connectivity index (χ0n) is 21.5. The molecule has 4 aromatic heterocycles. The average Bonchev–Trinajstić information content (AvgIpc) is 3.65. The van der Waals surface area contributed by atoms with Gasteiger partial charge >= 0.3 is 0 Å². The van der Waals surface area contributed by atoms with Crippen molar-refractivity contribution in [2.24, 2.45) is 0 Å². The van der Waals surface area contributed by atoms with E-state index in [1.165, 1.54) is 0 Å². The summed E-state index contributed by atoms with van der Waals surface area (Å²) in [6, 6.07) is 24.9. The van der Waals surface area contributed by atoms with Gasteiger partial charge in [0.15, 0.2) is 0 Å². The Morgan fingerprint density at radius 2 is 1.72 bits per heavy atom. The van der Waals surface area contributed by atoms with Gasteiger partial charge in [0.2, 0.25) is 0 Å². The Morgan fingerprint density at radius 3 is 2.46 bits per heavy atom. The van der Waals surface area contributed by atoms with Gasteiger partial charge < -0.3 is 19.0 Å². The van der Waals surface area contributed by atoms with Crippen LogP contribution in [0.3, 0.4) is 0 Å². The van der Waals surface area contributed by atoms with Crippen LogP contribution in [0, 0.1) is 0 Å². The van der Waals surface area contributed by atoms with Gasteiger partial charge in [-0.3, -0.25) is 14.5 Å². The summed E-state index contributed by atoms with van der Waals surface area (Å²) >= 11 is 0. The molecule has 1 N–H and O–H groups in total. The van der Waals surface area contributed by atoms with E-state index in [0.29, 0.717) is 11.4 Å². The highest BCUT2D eigenvalue weighted by atomic mass is 16.3. The molecule has 1 aliphatic rings. The number of ketones is 1. The SMILES string of the molecule is O=C(Nc1ccc(N2CCN(CCc3ccco3)CC2)nc1)C(=O)c1c(-c2ccccc2)cc2ccccn12. The van der Waals surface area contributed by atoms with E-state index < -0.39 is 11.7 Å². The Labute approximate surface area is 226 Å². The molecule has 0 bridgehead atoms. The largest absolute Gasteiger partial charge is 0.469 e. The Bertz CT molecular complexity index is 1570. The number of nitrogens with zero attached hydrogens (tertiary/aromatic N) is 4. The molecule has 0 atom stereocenters. The number of amides is 1. The van der Waals surface area contributed by atoms with E-state index in [0.717, 1.165) is 67.4 Å². The standard InChI is InChI=1S/C31H29N5O3/c37-30(29-27(23-7-2-1-3-8-23)21-25-9-4-5-14-36(25)29)31(38)33-24-11-12-28(32-22-24)35-18-16-34(17-19-35)15-13-26-10-6-20-39-26/h1-12,14,20-22H,13,15-19H2,(H,33,38). The summed E-state index contributed by atoms with van der Waals surface area (Å²) in [6.07, 6.45) is 6.03. The quantitative estimate of drug-likeness (QED) is 0.235.